The number of carbonyl (C=O) groups is 1. The summed E-state index contributed by atoms with van der Waals surface area (Å²) in [6.45, 7) is 4.12. The van der Waals surface area contributed by atoms with Gasteiger partial charge in [-0.2, -0.15) is 5.10 Å². The Morgan fingerprint density at radius 1 is 1.39 bits per heavy atom. The molecule has 2 N–H and O–H groups in total. The number of ether oxygens (including phenoxy) is 2. The molecule has 4 heterocycles. The van der Waals surface area contributed by atoms with Crippen LogP contribution in [0.15, 0.2) is 30.6 Å². The predicted molar refractivity (Wildman–Crippen MR) is 98.3 cm³/mol. The number of hydrogen-bond donors (Lipinski definition) is 2. The fourth-order valence-corrected chi connectivity index (χ4v) is 3.49. The quantitative estimate of drug-likeness (QED) is 0.619. The number of nitrogens with one attached hydrogen (secondary N) is 2. The Hall–Kier alpha value is -3.36. The highest BCUT2D eigenvalue weighted by atomic mass is 19.1. The molecule has 4 bridgehead atoms. The summed E-state index contributed by atoms with van der Waals surface area (Å²) in [4.78, 5) is 17.2. The fourth-order valence-electron chi connectivity index (χ4n) is 3.49. The lowest BCUT2D eigenvalue weighted by Gasteiger charge is -2.37. The van der Waals surface area contributed by atoms with E-state index >= 15 is 0 Å². The molecule has 0 aliphatic carbocycles. The summed E-state index contributed by atoms with van der Waals surface area (Å²) in [6, 6.07) is 4.16. The average Bonchev–Trinajstić information content (AvgIpc) is 3.09. The van der Waals surface area contributed by atoms with Crippen LogP contribution in [0.4, 0.5) is 10.2 Å². The second kappa shape index (κ2) is 5.82. The van der Waals surface area contributed by atoms with Crippen molar-refractivity contribution in [3.05, 3.63) is 47.5 Å². The second-order valence-corrected chi connectivity index (χ2v) is 7.35. The van der Waals surface area contributed by atoms with Gasteiger partial charge < -0.3 is 20.1 Å². The molecular weight excluding hydrogens is 365 g/mol. The van der Waals surface area contributed by atoms with E-state index in [4.69, 9.17) is 9.47 Å². The maximum absolute atomic E-state index is 14.2. The first-order valence-corrected chi connectivity index (χ1v) is 8.96. The van der Waals surface area contributed by atoms with E-state index in [0.717, 1.165) is 0 Å². The largest absolute Gasteiger partial charge is 0.485 e. The van der Waals surface area contributed by atoms with Crippen LogP contribution >= 0.6 is 0 Å². The van der Waals surface area contributed by atoms with Crippen molar-refractivity contribution in [3.8, 4) is 11.5 Å². The molecule has 0 saturated carbocycles. The summed E-state index contributed by atoms with van der Waals surface area (Å²) in [5.41, 5.74) is 0.603. The molecule has 2 aliphatic heterocycles. The summed E-state index contributed by atoms with van der Waals surface area (Å²) in [5, 5.41) is 10.3. The van der Waals surface area contributed by atoms with Crippen LogP contribution in [0.5, 0.6) is 11.5 Å². The topological polar surface area (TPSA) is 89.8 Å². The third-order valence-electron chi connectivity index (χ3n) is 5.00. The number of carbonyl (C=O) groups excluding carboxylic acids is 1. The van der Waals surface area contributed by atoms with E-state index in [2.05, 4.69) is 20.7 Å². The van der Waals surface area contributed by atoms with Gasteiger partial charge in [0.25, 0.3) is 5.91 Å². The highest BCUT2D eigenvalue weighted by molar-refractivity contribution is 5.99. The van der Waals surface area contributed by atoms with Gasteiger partial charge in [0, 0.05) is 17.8 Å². The zero-order chi connectivity index (χ0) is 19.5. The highest BCUT2D eigenvalue weighted by Gasteiger charge is 2.36. The van der Waals surface area contributed by atoms with Crippen LogP contribution in [0.2, 0.25) is 0 Å². The number of fused-ring (bicyclic) bond motifs is 2. The fraction of sp³-hybridized carbons (Fsp3) is 0.316. The maximum atomic E-state index is 14.2. The Balaban J connectivity index is 1.68. The molecule has 2 aliphatic rings. The molecule has 1 amide bonds. The number of hydrogen-bond acceptors (Lipinski definition) is 6. The van der Waals surface area contributed by atoms with Crippen molar-refractivity contribution in [2.24, 2.45) is 0 Å². The lowest BCUT2D eigenvalue weighted by atomic mass is 10.0. The third kappa shape index (κ3) is 2.62. The highest BCUT2D eigenvalue weighted by Crippen LogP contribution is 2.42. The molecule has 144 valence electrons. The Bertz CT molecular complexity index is 1110. The molecule has 0 unspecified atom stereocenters. The molecule has 0 spiro atoms. The van der Waals surface area contributed by atoms with Crippen molar-refractivity contribution in [1.29, 1.82) is 0 Å². The zero-order valence-corrected chi connectivity index (χ0v) is 15.3. The van der Waals surface area contributed by atoms with Crippen LogP contribution in [0, 0.1) is 5.82 Å². The van der Waals surface area contributed by atoms with Gasteiger partial charge >= 0.3 is 0 Å². The normalized spacial score (nSPS) is 23.5. The molecule has 0 saturated heterocycles. The van der Waals surface area contributed by atoms with Crippen molar-refractivity contribution < 1.29 is 18.7 Å². The SMILES string of the molecule is C[C@H]1Nc2ccn3ncc(c3n2)C(=O)NC[C@]2(C)COc3cc(F)cc1c3O2. The first-order chi connectivity index (χ1) is 13.4. The van der Waals surface area contributed by atoms with E-state index < -0.39 is 11.4 Å². The molecule has 5 rings (SSSR count). The van der Waals surface area contributed by atoms with Crippen LogP contribution in [0.1, 0.15) is 35.8 Å². The minimum absolute atomic E-state index is 0.181. The molecule has 9 heteroatoms. The molecule has 2 aromatic heterocycles. The van der Waals surface area contributed by atoms with E-state index in [1.807, 2.05) is 13.8 Å². The smallest absolute Gasteiger partial charge is 0.256 e. The summed E-state index contributed by atoms with van der Waals surface area (Å²) >= 11 is 0. The number of rotatable bonds is 0. The first-order valence-electron chi connectivity index (χ1n) is 8.96. The number of benzene rings is 1. The summed E-state index contributed by atoms with van der Waals surface area (Å²) < 4.78 is 27.7. The van der Waals surface area contributed by atoms with Crippen molar-refractivity contribution >= 4 is 17.4 Å². The second-order valence-electron chi connectivity index (χ2n) is 7.35. The van der Waals surface area contributed by atoms with E-state index in [0.29, 0.717) is 34.1 Å². The van der Waals surface area contributed by atoms with E-state index in [-0.39, 0.29) is 25.1 Å². The Labute approximate surface area is 159 Å². The van der Waals surface area contributed by atoms with Crippen LogP contribution in [0.25, 0.3) is 5.65 Å². The van der Waals surface area contributed by atoms with E-state index in [9.17, 15) is 9.18 Å². The van der Waals surface area contributed by atoms with Gasteiger partial charge in [0.1, 0.15) is 23.8 Å². The van der Waals surface area contributed by atoms with Gasteiger partial charge in [-0.1, -0.05) is 0 Å². The van der Waals surface area contributed by atoms with Gasteiger partial charge in [0.2, 0.25) is 0 Å². The van der Waals surface area contributed by atoms with Gasteiger partial charge in [0.15, 0.2) is 22.7 Å². The zero-order valence-electron chi connectivity index (χ0n) is 15.3. The van der Waals surface area contributed by atoms with Gasteiger partial charge in [-0.05, 0) is 26.0 Å². The molecule has 0 radical (unpaired) electrons. The standard InChI is InChI=1S/C19H18FN5O3/c1-10-12-5-11(20)6-14-16(12)28-19(2,9-27-14)8-21-18(26)13-7-22-25-4-3-15(23-10)24-17(13)25/h3-7,10H,8-9H2,1-2H3,(H,21,26)(H,23,24)/t10-,19-/m1/s1. The molecule has 28 heavy (non-hydrogen) atoms. The Morgan fingerprint density at radius 3 is 3.11 bits per heavy atom. The first kappa shape index (κ1) is 16.8. The van der Waals surface area contributed by atoms with Gasteiger partial charge in [-0.3, -0.25) is 4.79 Å². The lowest BCUT2D eigenvalue weighted by molar-refractivity contribution is 0.00581. The van der Waals surface area contributed by atoms with E-state index in [1.54, 1.807) is 12.3 Å². The molecule has 3 aromatic rings. The minimum atomic E-state index is -0.804. The lowest BCUT2D eigenvalue weighted by Crippen LogP contribution is -2.51. The number of nitrogens with zero attached hydrogens (tertiary/aromatic N) is 3. The van der Waals surface area contributed by atoms with Crippen LogP contribution < -0.4 is 20.1 Å². The Kier molecular flexibility index (Phi) is 3.49. The van der Waals surface area contributed by atoms with Gasteiger partial charge in [-0.15, -0.1) is 0 Å². The third-order valence-corrected chi connectivity index (χ3v) is 5.00. The van der Waals surface area contributed by atoms with Crippen molar-refractivity contribution in [2.75, 3.05) is 18.5 Å². The van der Waals surface area contributed by atoms with Crippen molar-refractivity contribution in [2.45, 2.75) is 25.5 Å². The minimum Gasteiger partial charge on any atom is -0.485 e. The summed E-state index contributed by atoms with van der Waals surface area (Å²) in [5.74, 6) is 0.636. The molecule has 0 fully saturated rings. The van der Waals surface area contributed by atoms with E-state index in [1.165, 1.54) is 22.8 Å². The number of halogens is 1. The Morgan fingerprint density at radius 2 is 2.25 bits per heavy atom. The number of amides is 1. The van der Waals surface area contributed by atoms with Crippen LogP contribution in [-0.2, 0) is 0 Å². The van der Waals surface area contributed by atoms with Crippen molar-refractivity contribution in [1.82, 2.24) is 19.9 Å². The molecular formula is C19H18FN5O3. The van der Waals surface area contributed by atoms with Crippen LogP contribution in [-0.4, -0.2) is 39.3 Å². The predicted octanol–water partition coefficient (Wildman–Crippen LogP) is 2.31. The molecule has 8 nitrogen and oxygen atoms in total. The maximum Gasteiger partial charge on any atom is 0.256 e. The summed E-state index contributed by atoms with van der Waals surface area (Å²) in [7, 11) is 0. The molecule has 2 atom stereocenters. The van der Waals surface area contributed by atoms with Crippen LogP contribution in [0.3, 0.4) is 0 Å². The van der Waals surface area contributed by atoms with Crippen molar-refractivity contribution in [3.63, 3.8) is 0 Å². The monoisotopic (exact) mass is 383 g/mol. The molecule has 1 aromatic carbocycles. The van der Waals surface area contributed by atoms with Gasteiger partial charge in [0.05, 0.1) is 18.8 Å². The summed E-state index contributed by atoms with van der Waals surface area (Å²) in [6.07, 6.45) is 3.20. The average molecular weight is 383 g/mol. The van der Waals surface area contributed by atoms with Gasteiger partial charge in [-0.25, -0.2) is 13.9 Å². The number of anilines is 1. The number of aromatic nitrogens is 3.